The quantitative estimate of drug-likeness (QED) is 0.0864. The normalized spacial score (nSPS) is 14.3. The first kappa shape index (κ1) is 30.6. The molecule has 0 spiro atoms. The van der Waals surface area contributed by atoms with Gasteiger partial charge < -0.3 is 15.0 Å². The molecule has 0 saturated carbocycles. The zero-order chi connectivity index (χ0) is 29.7. The minimum atomic E-state index is -0.324. The average Bonchev–Trinajstić information content (AvgIpc) is 3.49. The Bertz CT molecular complexity index is 1400. The van der Waals surface area contributed by atoms with Gasteiger partial charge in [0.2, 0.25) is 5.91 Å². The minimum absolute atomic E-state index is 0.324. The summed E-state index contributed by atoms with van der Waals surface area (Å²) in [4.78, 5) is 28.4. The number of aromatic amines is 1. The van der Waals surface area contributed by atoms with Crippen LogP contribution >= 0.6 is 0 Å². The summed E-state index contributed by atoms with van der Waals surface area (Å²) >= 11 is 0. The highest BCUT2D eigenvalue weighted by molar-refractivity contribution is 5.91. The van der Waals surface area contributed by atoms with Crippen molar-refractivity contribution in [2.24, 2.45) is 0 Å². The zero-order valence-electron chi connectivity index (χ0n) is 24.8. The number of carbonyl (C=O) groups excluding carboxylic acids is 1. The van der Waals surface area contributed by atoms with Crippen molar-refractivity contribution in [1.82, 2.24) is 30.2 Å². The van der Waals surface area contributed by atoms with Gasteiger partial charge in [0.1, 0.15) is 17.8 Å². The highest BCUT2D eigenvalue weighted by Gasteiger charge is 2.17. The Balaban J connectivity index is 1.02. The molecule has 10 heteroatoms. The molecule has 0 aliphatic carbocycles. The van der Waals surface area contributed by atoms with Crippen molar-refractivity contribution in [2.75, 3.05) is 57.8 Å². The number of benzene rings is 2. The smallest absolute Gasteiger partial charge is 0.243 e. The van der Waals surface area contributed by atoms with Gasteiger partial charge in [-0.2, -0.15) is 0 Å². The Morgan fingerprint density at radius 1 is 0.907 bits per heavy atom. The van der Waals surface area contributed by atoms with E-state index in [1.165, 1.54) is 11.1 Å². The number of aromatic nitrogens is 3. The number of fused-ring (bicyclic) bond motifs is 1. The van der Waals surface area contributed by atoms with Gasteiger partial charge in [-0.3, -0.25) is 19.8 Å². The number of anilines is 1. The number of unbranched alkanes of at least 4 members (excludes halogenated alkanes) is 2. The molecule has 0 atom stereocenters. The third-order valence-corrected chi connectivity index (χ3v) is 7.98. The third-order valence-electron chi connectivity index (χ3n) is 7.98. The van der Waals surface area contributed by atoms with Crippen LogP contribution in [0.4, 0.5) is 5.82 Å². The van der Waals surface area contributed by atoms with E-state index in [2.05, 4.69) is 84.7 Å². The number of carbonyl (C=O) groups is 1. The minimum Gasteiger partial charge on any atom is -0.380 e. The van der Waals surface area contributed by atoms with E-state index in [1.54, 1.807) is 11.8 Å². The summed E-state index contributed by atoms with van der Waals surface area (Å²) in [5.74, 6) is 0.531. The fourth-order valence-electron chi connectivity index (χ4n) is 5.44. The zero-order valence-corrected chi connectivity index (χ0v) is 24.8. The standard InChI is InChI=1S/C33H43N7O3/c41-31(38-42)9-5-2-6-21-43-22-20-39-16-18-40(19-17-39)24-27-10-12-28(13-11-27)30-23-29-32(35-25-36-33(29)37-30)34-15-14-26-7-3-1-4-8-26/h1,3-4,7-8,10-13,23,25,42H,2,5-6,9,14-22,24H2,(H,38,41)(H2,34,35,36,37). The first-order chi connectivity index (χ1) is 21.2. The molecule has 228 valence electrons. The molecule has 2 aromatic heterocycles. The van der Waals surface area contributed by atoms with Crippen LogP contribution in [-0.4, -0.2) is 88.3 Å². The summed E-state index contributed by atoms with van der Waals surface area (Å²) in [5.41, 5.74) is 7.30. The molecule has 0 unspecified atom stereocenters. The molecule has 4 aromatic rings. The van der Waals surface area contributed by atoms with Gasteiger partial charge in [0, 0.05) is 64.5 Å². The summed E-state index contributed by atoms with van der Waals surface area (Å²) in [5, 5.41) is 13.0. The van der Waals surface area contributed by atoms with Crippen molar-refractivity contribution in [3.63, 3.8) is 0 Å². The molecule has 1 fully saturated rings. The molecular formula is C33H43N7O3. The lowest BCUT2D eigenvalue weighted by Crippen LogP contribution is -2.46. The van der Waals surface area contributed by atoms with Crippen LogP contribution in [0.1, 0.15) is 36.8 Å². The van der Waals surface area contributed by atoms with E-state index in [0.717, 1.165) is 113 Å². The fourth-order valence-corrected chi connectivity index (χ4v) is 5.44. The number of amides is 1. The Labute approximate surface area is 253 Å². The van der Waals surface area contributed by atoms with E-state index in [-0.39, 0.29) is 5.91 Å². The number of nitrogens with one attached hydrogen (secondary N) is 3. The van der Waals surface area contributed by atoms with Crippen LogP contribution in [0.25, 0.3) is 22.3 Å². The van der Waals surface area contributed by atoms with E-state index in [9.17, 15) is 4.79 Å². The number of nitrogens with zero attached hydrogens (tertiary/aromatic N) is 4. The SMILES string of the molecule is O=C(CCCCCOCCN1CCN(Cc2ccc(-c3cc4c(NCCc5ccccc5)ncnc4[nH]3)cc2)CC1)NO. The largest absolute Gasteiger partial charge is 0.380 e. The van der Waals surface area contributed by atoms with Crippen LogP contribution in [0, 0.1) is 0 Å². The van der Waals surface area contributed by atoms with Gasteiger partial charge >= 0.3 is 0 Å². The van der Waals surface area contributed by atoms with E-state index in [0.29, 0.717) is 6.42 Å². The molecule has 2 aromatic carbocycles. The van der Waals surface area contributed by atoms with Crippen LogP contribution in [0.15, 0.2) is 67.0 Å². The van der Waals surface area contributed by atoms with Crippen molar-refractivity contribution in [2.45, 2.75) is 38.6 Å². The third kappa shape index (κ3) is 9.33. The Morgan fingerprint density at radius 3 is 2.49 bits per heavy atom. The lowest BCUT2D eigenvalue weighted by Gasteiger charge is -2.34. The summed E-state index contributed by atoms with van der Waals surface area (Å²) in [6.45, 7) is 8.37. The average molecular weight is 586 g/mol. The van der Waals surface area contributed by atoms with Crippen molar-refractivity contribution in [1.29, 1.82) is 0 Å². The molecule has 0 radical (unpaired) electrons. The monoisotopic (exact) mass is 585 g/mol. The van der Waals surface area contributed by atoms with Crippen molar-refractivity contribution < 1.29 is 14.7 Å². The second-order valence-corrected chi connectivity index (χ2v) is 11.1. The molecule has 43 heavy (non-hydrogen) atoms. The number of ether oxygens (including phenoxy) is 1. The van der Waals surface area contributed by atoms with Crippen molar-refractivity contribution in [3.8, 4) is 11.3 Å². The maximum Gasteiger partial charge on any atom is 0.243 e. The van der Waals surface area contributed by atoms with E-state index < -0.39 is 0 Å². The number of rotatable bonds is 16. The summed E-state index contributed by atoms with van der Waals surface area (Å²) in [6.07, 6.45) is 5.54. The lowest BCUT2D eigenvalue weighted by atomic mass is 10.1. The molecule has 10 nitrogen and oxygen atoms in total. The second-order valence-electron chi connectivity index (χ2n) is 11.1. The molecule has 5 rings (SSSR count). The molecule has 1 saturated heterocycles. The van der Waals surface area contributed by atoms with Crippen molar-refractivity contribution >= 4 is 22.8 Å². The van der Waals surface area contributed by atoms with Gasteiger partial charge in [0.05, 0.1) is 12.0 Å². The number of hydrogen-bond acceptors (Lipinski definition) is 8. The molecule has 0 bridgehead atoms. The summed E-state index contributed by atoms with van der Waals surface area (Å²) in [6, 6.07) is 21.4. The highest BCUT2D eigenvalue weighted by atomic mass is 16.5. The fraction of sp³-hybridized carbons (Fsp3) is 0.424. The van der Waals surface area contributed by atoms with Gasteiger partial charge in [0.25, 0.3) is 0 Å². The Hall–Kier alpha value is -3.83. The van der Waals surface area contributed by atoms with Gasteiger partial charge in [-0.1, -0.05) is 61.0 Å². The number of piperazine rings is 1. The van der Waals surface area contributed by atoms with E-state index in [1.807, 2.05) is 6.07 Å². The maximum absolute atomic E-state index is 11.0. The van der Waals surface area contributed by atoms with Gasteiger partial charge in [-0.15, -0.1) is 0 Å². The van der Waals surface area contributed by atoms with Gasteiger partial charge in [-0.05, 0) is 42.0 Å². The Morgan fingerprint density at radius 2 is 1.70 bits per heavy atom. The van der Waals surface area contributed by atoms with Gasteiger partial charge in [-0.25, -0.2) is 15.4 Å². The van der Waals surface area contributed by atoms with Gasteiger partial charge in [0.15, 0.2) is 0 Å². The van der Waals surface area contributed by atoms with Crippen molar-refractivity contribution in [3.05, 3.63) is 78.1 Å². The van der Waals surface area contributed by atoms with Crippen LogP contribution in [0.2, 0.25) is 0 Å². The molecule has 1 aliphatic heterocycles. The summed E-state index contributed by atoms with van der Waals surface area (Å²) in [7, 11) is 0. The summed E-state index contributed by atoms with van der Waals surface area (Å²) < 4.78 is 5.78. The van der Waals surface area contributed by atoms with Crippen LogP contribution in [-0.2, 0) is 22.5 Å². The first-order valence-corrected chi connectivity index (χ1v) is 15.3. The van der Waals surface area contributed by atoms with E-state index >= 15 is 0 Å². The lowest BCUT2D eigenvalue weighted by molar-refractivity contribution is -0.129. The molecule has 4 N–H and O–H groups in total. The molecule has 3 heterocycles. The maximum atomic E-state index is 11.0. The highest BCUT2D eigenvalue weighted by Crippen LogP contribution is 2.27. The predicted molar refractivity (Wildman–Crippen MR) is 169 cm³/mol. The molecular weight excluding hydrogens is 542 g/mol. The number of hydroxylamine groups is 1. The first-order valence-electron chi connectivity index (χ1n) is 15.3. The topological polar surface area (TPSA) is 119 Å². The Kier molecular flexibility index (Phi) is 11.5. The van der Waals surface area contributed by atoms with Crippen LogP contribution in [0.3, 0.4) is 0 Å². The van der Waals surface area contributed by atoms with Crippen LogP contribution in [0.5, 0.6) is 0 Å². The molecule has 1 aliphatic rings. The van der Waals surface area contributed by atoms with E-state index in [4.69, 9.17) is 9.94 Å². The molecule has 1 amide bonds. The number of H-pyrrole nitrogens is 1. The predicted octanol–water partition coefficient (Wildman–Crippen LogP) is 4.48. The number of hydrogen-bond donors (Lipinski definition) is 4. The second kappa shape index (κ2) is 16.1. The van der Waals surface area contributed by atoms with Crippen LogP contribution < -0.4 is 10.8 Å².